The number of hydrogen-bond donors (Lipinski definition) is 2. The lowest BCUT2D eigenvalue weighted by Crippen LogP contribution is -2.02. The largest absolute Gasteiger partial charge is 0.508 e. The average molecular weight is 245 g/mol. The molecule has 1 aromatic heterocycles. The summed E-state index contributed by atoms with van der Waals surface area (Å²) in [4.78, 5) is 14.5. The molecule has 5 heteroatoms. The van der Waals surface area contributed by atoms with E-state index >= 15 is 0 Å². The second-order valence-electron chi connectivity index (χ2n) is 3.64. The maximum atomic E-state index is 10.7. The molecule has 0 saturated heterocycles. The Bertz CT molecular complexity index is 551. The Morgan fingerprint density at radius 1 is 1.22 bits per heavy atom. The van der Waals surface area contributed by atoms with Crippen molar-refractivity contribution in [1.29, 1.82) is 0 Å². The van der Waals surface area contributed by atoms with Crippen molar-refractivity contribution in [3.63, 3.8) is 0 Å². The molecule has 1 heterocycles. The van der Waals surface area contributed by atoms with E-state index in [-0.39, 0.29) is 18.1 Å². The Morgan fingerprint density at radius 2 is 1.94 bits per heavy atom. The first-order valence-corrected chi connectivity index (χ1v) is 5.25. The zero-order chi connectivity index (χ0) is 13.0. The van der Waals surface area contributed by atoms with Gasteiger partial charge in [-0.15, -0.1) is 0 Å². The number of hydrogen-bond acceptors (Lipinski definition) is 4. The minimum Gasteiger partial charge on any atom is -0.508 e. The number of rotatable bonds is 4. The highest BCUT2D eigenvalue weighted by molar-refractivity contribution is 5.85. The summed E-state index contributed by atoms with van der Waals surface area (Å²) in [6.07, 6.45) is 1.43. The highest BCUT2D eigenvalue weighted by Crippen LogP contribution is 2.17. The van der Waals surface area contributed by atoms with Crippen LogP contribution in [0.15, 0.2) is 42.6 Å². The molecule has 0 spiro atoms. The van der Waals surface area contributed by atoms with Gasteiger partial charge in [-0.3, -0.25) is 0 Å². The monoisotopic (exact) mass is 245 g/mol. The van der Waals surface area contributed by atoms with Crippen molar-refractivity contribution < 1.29 is 19.7 Å². The zero-order valence-corrected chi connectivity index (χ0v) is 9.41. The number of carbonyl (C=O) groups is 1. The van der Waals surface area contributed by atoms with Gasteiger partial charge in [0.15, 0.2) is 0 Å². The Hall–Kier alpha value is -2.56. The molecule has 18 heavy (non-hydrogen) atoms. The number of aromatic nitrogens is 1. The van der Waals surface area contributed by atoms with E-state index in [0.717, 1.165) is 5.56 Å². The van der Waals surface area contributed by atoms with E-state index in [9.17, 15) is 4.79 Å². The smallest absolute Gasteiger partial charge is 0.354 e. The molecular formula is C13H11NO4. The van der Waals surface area contributed by atoms with Crippen LogP contribution < -0.4 is 4.74 Å². The summed E-state index contributed by atoms with van der Waals surface area (Å²) in [6.45, 7) is 0.244. The summed E-state index contributed by atoms with van der Waals surface area (Å²) >= 11 is 0. The molecule has 0 fully saturated rings. The molecule has 0 unspecified atom stereocenters. The summed E-state index contributed by atoms with van der Waals surface area (Å²) in [7, 11) is 0. The van der Waals surface area contributed by atoms with Crippen LogP contribution in [0.5, 0.6) is 11.5 Å². The van der Waals surface area contributed by atoms with Crippen molar-refractivity contribution in [3.8, 4) is 11.5 Å². The summed E-state index contributed by atoms with van der Waals surface area (Å²) in [5.74, 6) is -0.303. The SMILES string of the molecule is O=C(O)c1cc(COc2ccc(O)cc2)ccn1. The van der Waals surface area contributed by atoms with Crippen molar-refractivity contribution in [1.82, 2.24) is 4.98 Å². The van der Waals surface area contributed by atoms with Gasteiger partial charge in [-0.1, -0.05) is 0 Å². The second-order valence-corrected chi connectivity index (χ2v) is 3.64. The lowest BCUT2D eigenvalue weighted by atomic mass is 10.2. The number of benzene rings is 1. The predicted octanol–water partition coefficient (Wildman–Crippen LogP) is 2.06. The Kier molecular flexibility index (Phi) is 3.43. The molecule has 2 aromatic rings. The van der Waals surface area contributed by atoms with Crippen LogP contribution in [0.25, 0.3) is 0 Å². The number of aromatic hydroxyl groups is 1. The van der Waals surface area contributed by atoms with Gasteiger partial charge < -0.3 is 14.9 Å². The van der Waals surface area contributed by atoms with Gasteiger partial charge in [0.25, 0.3) is 0 Å². The lowest BCUT2D eigenvalue weighted by molar-refractivity contribution is 0.0690. The first-order valence-electron chi connectivity index (χ1n) is 5.25. The standard InChI is InChI=1S/C13H11NO4/c15-10-1-3-11(4-2-10)18-8-9-5-6-14-12(7-9)13(16)17/h1-7,15H,8H2,(H,16,17). The van der Waals surface area contributed by atoms with Gasteiger partial charge in [-0.25, -0.2) is 9.78 Å². The molecule has 1 aromatic carbocycles. The topological polar surface area (TPSA) is 79.7 Å². The highest BCUT2D eigenvalue weighted by atomic mass is 16.5. The fourth-order valence-electron chi connectivity index (χ4n) is 1.39. The lowest BCUT2D eigenvalue weighted by Gasteiger charge is -2.06. The number of carboxylic acid groups (broad SMARTS) is 1. The van der Waals surface area contributed by atoms with Crippen molar-refractivity contribution >= 4 is 5.97 Å². The van der Waals surface area contributed by atoms with Gasteiger partial charge >= 0.3 is 5.97 Å². The first-order chi connectivity index (χ1) is 8.65. The fraction of sp³-hybridized carbons (Fsp3) is 0.0769. The first kappa shape index (κ1) is 11.9. The number of nitrogens with zero attached hydrogens (tertiary/aromatic N) is 1. The van der Waals surface area contributed by atoms with Gasteiger partial charge in [0.05, 0.1) is 0 Å². The summed E-state index contributed by atoms with van der Waals surface area (Å²) < 4.78 is 5.45. The molecule has 5 nitrogen and oxygen atoms in total. The third kappa shape index (κ3) is 2.98. The Balaban J connectivity index is 2.04. The highest BCUT2D eigenvalue weighted by Gasteiger charge is 2.05. The molecule has 0 radical (unpaired) electrons. The molecule has 0 bridgehead atoms. The minimum atomic E-state index is -1.07. The van der Waals surface area contributed by atoms with Crippen molar-refractivity contribution in [2.75, 3.05) is 0 Å². The third-order valence-electron chi connectivity index (χ3n) is 2.29. The maximum Gasteiger partial charge on any atom is 0.354 e. The summed E-state index contributed by atoms with van der Waals surface area (Å²) in [6, 6.07) is 9.45. The molecule has 2 rings (SSSR count). The van der Waals surface area contributed by atoms with E-state index in [1.165, 1.54) is 24.4 Å². The number of ether oxygens (including phenoxy) is 1. The van der Waals surface area contributed by atoms with Crippen LogP contribution in [0, 0.1) is 0 Å². The van der Waals surface area contributed by atoms with E-state index < -0.39 is 5.97 Å². The van der Waals surface area contributed by atoms with Crippen LogP contribution in [0.2, 0.25) is 0 Å². The minimum absolute atomic E-state index is 0.0122. The van der Waals surface area contributed by atoms with Crippen LogP contribution in [0.4, 0.5) is 0 Å². The number of pyridine rings is 1. The van der Waals surface area contributed by atoms with Gasteiger partial charge in [0, 0.05) is 6.20 Å². The van der Waals surface area contributed by atoms with Gasteiger partial charge in [0.2, 0.25) is 0 Å². The molecule has 0 aliphatic carbocycles. The Morgan fingerprint density at radius 3 is 2.61 bits per heavy atom. The van der Waals surface area contributed by atoms with Crippen LogP contribution in [-0.4, -0.2) is 21.2 Å². The van der Waals surface area contributed by atoms with Gasteiger partial charge in [-0.05, 0) is 42.0 Å². The van der Waals surface area contributed by atoms with Crippen LogP contribution in [0.3, 0.4) is 0 Å². The predicted molar refractivity (Wildman–Crippen MR) is 63.6 cm³/mol. The molecule has 0 atom stereocenters. The van der Waals surface area contributed by atoms with E-state index in [4.69, 9.17) is 14.9 Å². The van der Waals surface area contributed by atoms with Crippen LogP contribution in [-0.2, 0) is 6.61 Å². The molecule has 0 amide bonds. The van der Waals surface area contributed by atoms with Crippen molar-refractivity contribution in [2.45, 2.75) is 6.61 Å². The molecule has 2 N–H and O–H groups in total. The molecule has 0 saturated carbocycles. The van der Waals surface area contributed by atoms with E-state index in [1.807, 2.05) is 0 Å². The molecule has 0 aliphatic heterocycles. The number of phenols is 1. The zero-order valence-electron chi connectivity index (χ0n) is 9.41. The van der Waals surface area contributed by atoms with Crippen molar-refractivity contribution in [3.05, 3.63) is 53.9 Å². The van der Waals surface area contributed by atoms with Gasteiger partial charge in [0.1, 0.15) is 23.8 Å². The third-order valence-corrected chi connectivity index (χ3v) is 2.29. The van der Waals surface area contributed by atoms with Gasteiger partial charge in [-0.2, -0.15) is 0 Å². The van der Waals surface area contributed by atoms with E-state index in [1.54, 1.807) is 18.2 Å². The van der Waals surface area contributed by atoms with Crippen molar-refractivity contribution in [2.24, 2.45) is 0 Å². The molecule has 0 aliphatic rings. The summed E-state index contributed by atoms with van der Waals surface area (Å²) in [5, 5.41) is 17.9. The summed E-state index contributed by atoms with van der Waals surface area (Å²) in [5.41, 5.74) is 0.706. The molecule has 92 valence electrons. The van der Waals surface area contributed by atoms with E-state index in [2.05, 4.69) is 4.98 Å². The second kappa shape index (κ2) is 5.18. The van der Waals surface area contributed by atoms with E-state index in [0.29, 0.717) is 5.75 Å². The van der Waals surface area contributed by atoms with Crippen LogP contribution >= 0.6 is 0 Å². The number of aromatic carboxylic acids is 1. The van der Waals surface area contributed by atoms with Crippen LogP contribution in [0.1, 0.15) is 16.1 Å². The maximum absolute atomic E-state index is 10.7. The fourth-order valence-corrected chi connectivity index (χ4v) is 1.39. The average Bonchev–Trinajstić information content (AvgIpc) is 2.38. The quantitative estimate of drug-likeness (QED) is 0.861. The molecular weight excluding hydrogens is 234 g/mol. The normalized spacial score (nSPS) is 10.0. The number of phenolic OH excluding ortho intramolecular Hbond substituents is 1. The Labute approximate surface area is 103 Å². The number of carboxylic acids is 1.